The second-order valence-electron chi connectivity index (χ2n) is 7.42. The van der Waals surface area contributed by atoms with Crippen molar-refractivity contribution in [2.75, 3.05) is 13.1 Å². The molecule has 4 rings (SSSR count). The third-order valence-corrected chi connectivity index (χ3v) is 5.66. The molecule has 0 bridgehead atoms. The van der Waals surface area contributed by atoms with Gasteiger partial charge in [0.1, 0.15) is 5.82 Å². The highest BCUT2D eigenvalue weighted by molar-refractivity contribution is 5.47. The third kappa shape index (κ3) is 3.48. The summed E-state index contributed by atoms with van der Waals surface area (Å²) in [6.45, 7) is 4.81. The summed E-state index contributed by atoms with van der Waals surface area (Å²) in [5.41, 5.74) is 4.34. The average molecular weight is 333 g/mol. The van der Waals surface area contributed by atoms with Crippen LogP contribution in [0.5, 0.6) is 0 Å². The summed E-state index contributed by atoms with van der Waals surface area (Å²) in [6, 6.07) is 13.8. The molecule has 1 aliphatic carbocycles. The fourth-order valence-corrected chi connectivity index (χ4v) is 4.09. The van der Waals surface area contributed by atoms with Crippen molar-refractivity contribution in [1.82, 2.24) is 4.90 Å². The van der Waals surface area contributed by atoms with Crippen LogP contribution in [0.3, 0.4) is 0 Å². The Morgan fingerprint density at radius 1 is 1.00 bits per heavy atom. The van der Waals surface area contributed by atoms with E-state index in [2.05, 4.69) is 41.9 Å². The molecule has 1 unspecified atom stereocenters. The summed E-state index contributed by atoms with van der Waals surface area (Å²) in [6.07, 6.45) is 4.98. The first-order valence-electron chi connectivity index (χ1n) is 9.34. The molecule has 2 heteroatoms. The molecular formula is C23H24FN. The van der Waals surface area contributed by atoms with E-state index in [1.54, 1.807) is 12.1 Å². The normalized spacial score (nSPS) is 20.8. The maximum absolute atomic E-state index is 13.7. The van der Waals surface area contributed by atoms with Crippen molar-refractivity contribution in [2.45, 2.75) is 38.6 Å². The molecule has 1 heterocycles. The predicted octanol–water partition coefficient (Wildman–Crippen LogP) is 4.94. The molecule has 0 spiro atoms. The fourth-order valence-electron chi connectivity index (χ4n) is 4.09. The zero-order valence-electron chi connectivity index (χ0n) is 14.8. The second-order valence-corrected chi connectivity index (χ2v) is 7.42. The number of aryl methyl sites for hydroxylation is 1. The van der Waals surface area contributed by atoms with Crippen LogP contribution in [0.2, 0.25) is 0 Å². The van der Waals surface area contributed by atoms with E-state index in [0.29, 0.717) is 11.6 Å². The van der Waals surface area contributed by atoms with Gasteiger partial charge in [-0.1, -0.05) is 37.0 Å². The van der Waals surface area contributed by atoms with E-state index in [9.17, 15) is 4.39 Å². The van der Waals surface area contributed by atoms with E-state index in [1.807, 2.05) is 6.07 Å². The van der Waals surface area contributed by atoms with Crippen LogP contribution in [0.4, 0.5) is 4.39 Å². The molecule has 0 saturated carbocycles. The quantitative estimate of drug-likeness (QED) is 0.668. The number of benzene rings is 2. The minimum Gasteiger partial charge on any atom is -0.296 e. The van der Waals surface area contributed by atoms with Gasteiger partial charge in [0.15, 0.2) is 0 Å². The molecular weight excluding hydrogens is 309 g/mol. The van der Waals surface area contributed by atoms with Crippen LogP contribution < -0.4 is 0 Å². The zero-order chi connectivity index (χ0) is 17.2. The van der Waals surface area contributed by atoms with Crippen LogP contribution in [-0.2, 0) is 6.42 Å². The number of likely N-dealkylation sites (tertiary alicyclic amines) is 1. The molecule has 1 aliphatic heterocycles. The summed E-state index contributed by atoms with van der Waals surface area (Å²) in [7, 11) is 0. The smallest absolute Gasteiger partial charge is 0.138 e. The lowest BCUT2D eigenvalue weighted by Gasteiger charge is -2.35. The van der Waals surface area contributed by atoms with Gasteiger partial charge >= 0.3 is 0 Å². The van der Waals surface area contributed by atoms with Crippen LogP contribution >= 0.6 is 0 Å². The average Bonchev–Trinajstić information content (AvgIpc) is 3.05. The van der Waals surface area contributed by atoms with Crippen molar-refractivity contribution < 1.29 is 4.39 Å². The van der Waals surface area contributed by atoms with Crippen molar-refractivity contribution >= 4 is 0 Å². The number of fused-ring (bicyclic) bond motifs is 1. The zero-order valence-corrected chi connectivity index (χ0v) is 14.8. The molecule has 0 N–H and O–H groups in total. The summed E-state index contributed by atoms with van der Waals surface area (Å²) in [5, 5.41) is 0. The van der Waals surface area contributed by atoms with Crippen LogP contribution in [0.1, 0.15) is 54.5 Å². The van der Waals surface area contributed by atoms with E-state index < -0.39 is 0 Å². The first-order chi connectivity index (χ1) is 12.2. The van der Waals surface area contributed by atoms with Crippen molar-refractivity contribution in [3.05, 3.63) is 70.5 Å². The molecule has 0 aromatic heterocycles. The molecule has 1 fully saturated rings. The first kappa shape index (κ1) is 16.4. The summed E-state index contributed by atoms with van der Waals surface area (Å²) >= 11 is 0. The summed E-state index contributed by atoms with van der Waals surface area (Å²) in [5.74, 6) is 6.71. The minimum atomic E-state index is -0.254. The number of piperidine rings is 1. The summed E-state index contributed by atoms with van der Waals surface area (Å²) < 4.78 is 13.7. The molecule has 128 valence electrons. The Hall–Kier alpha value is -2.11. The lowest BCUT2D eigenvalue weighted by Crippen LogP contribution is -2.35. The van der Waals surface area contributed by atoms with Gasteiger partial charge in [-0.05, 0) is 80.1 Å². The molecule has 0 radical (unpaired) electrons. The monoisotopic (exact) mass is 333 g/mol. The molecule has 1 nitrogen and oxygen atoms in total. The molecule has 1 saturated heterocycles. The van der Waals surface area contributed by atoms with Crippen molar-refractivity contribution in [1.29, 1.82) is 0 Å². The summed E-state index contributed by atoms with van der Waals surface area (Å²) in [4.78, 5) is 2.66. The first-order valence-corrected chi connectivity index (χ1v) is 9.34. The fraction of sp³-hybridized carbons (Fsp3) is 0.391. The number of halogens is 1. The molecule has 2 aromatic carbocycles. The number of nitrogens with zero attached hydrogens (tertiary/aromatic N) is 1. The highest BCUT2D eigenvalue weighted by atomic mass is 19.1. The molecule has 25 heavy (non-hydrogen) atoms. The van der Waals surface area contributed by atoms with Gasteiger partial charge in [-0.3, -0.25) is 4.90 Å². The van der Waals surface area contributed by atoms with Gasteiger partial charge in [0, 0.05) is 11.6 Å². The van der Waals surface area contributed by atoms with E-state index in [4.69, 9.17) is 0 Å². The highest BCUT2D eigenvalue weighted by Gasteiger charge is 2.29. The molecule has 2 aromatic rings. The van der Waals surface area contributed by atoms with Gasteiger partial charge in [-0.2, -0.15) is 0 Å². The maximum Gasteiger partial charge on any atom is 0.138 e. The van der Waals surface area contributed by atoms with Crippen molar-refractivity contribution in [2.24, 2.45) is 5.92 Å². The Labute approximate surface area is 149 Å². The van der Waals surface area contributed by atoms with Crippen LogP contribution in [0.25, 0.3) is 0 Å². The van der Waals surface area contributed by atoms with Gasteiger partial charge in [0.25, 0.3) is 0 Å². The Balaban J connectivity index is 1.53. The van der Waals surface area contributed by atoms with Crippen LogP contribution in [0.15, 0.2) is 42.5 Å². The highest BCUT2D eigenvalue weighted by Crippen LogP contribution is 2.38. The standard InChI is InChI=1S/C23H24FN/c1-17-12-14-25(15-13-17)23-11-9-20-16-18(7-10-21(20)23)6-8-19-4-2-3-5-22(19)24/h2-5,7,10,16-17,23H,9,11-15H2,1H3. The van der Waals surface area contributed by atoms with Gasteiger partial charge in [0.2, 0.25) is 0 Å². The predicted molar refractivity (Wildman–Crippen MR) is 99.9 cm³/mol. The van der Waals surface area contributed by atoms with E-state index in [-0.39, 0.29) is 5.82 Å². The van der Waals surface area contributed by atoms with Gasteiger partial charge in [-0.15, -0.1) is 0 Å². The van der Waals surface area contributed by atoms with Gasteiger partial charge in [-0.25, -0.2) is 4.39 Å². The molecule has 1 atom stereocenters. The van der Waals surface area contributed by atoms with Gasteiger partial charge < -0.3 is 0 Å². The van der Waals surface area contributed by atoms with E-state index in [1.165, 1.54) is 49.5 Å². The van der Waals surface area contributed by atoms with Crippen LogP contribution in [-0.4, -0.2) is 18.0 Å². The van der Waals surface area contributed by atoms with Crippen LogP contribution in [0, 0.1) is 23.6 Å². The lowest BCUT2D eigenvalue weighted by atomic mass is 9.96. The number of rotatable bonds is 1. The Bertz CT molecular complexity index is 821. The number of hydrogen-bond acceptors (Lipinski definition) is 1. The molecule has 0 amide bonds. The van der Waals surface area contributed by atoms with Crippen molar-refractivity contribution in [3.63, 3.8) is 0 Å². The number of hydrogen-bond donors (Lipinski definition) is 0. The lowest BCUT2D eigenvalue weighted by molar-refractivity contribution is 0.137. The SMILES string of the molecule is CC1CCN(C2CCc3cc(C#Cc4ccccc4F)ccc32)CC1. The van der Waals surface area contributed by atoms with Gasteiger partial charge in [0.05, 0.1) is 5.56 Å². The molecule has 2 aliphatic rings. The topological polar surface area (TPSA) is 3.24 Å². The van der Waals surface area contributed by atoms with Crippen molar-refractivity contribution in [3.8, 4) is 11.8 Å². The largest absolute Gasteiger partial charge is 0.296 e. The minimum absolute atomic E-state index is 0.254. The second kappa shape index (κ2) is 7.02. The van der Waals surface area contributed by atoms with E-state index >= 15 is 0 Å². The Morgan fingerprint density at radius 3 is 2.60 bits per heavy atom. The Kier molecular flexibility index (Phi) is 4.59. The Morgan fingerprint density at radius 2 is 1.80 bits per heavy atom. The van der Waals surface area contributed by atoms with E-state index in [0.717, 1.165) is 17.9 Å². The third-order valence-electron chi connectivity index (χ3n) is 5.66. The maximum atomic E-state index is 13.7.